The van der Waals surface area contributed by atoms with Crippen molar-refractivity contribution in [3.05, 3.63) is 24.3 Å². The van der Waals surface area contributed by atoms with Crippen molar-refractivity contribution in [3.63, 3.8) is 0 Å². The van der Waals surface area contributed by atoms with Gasteiger partial charge in [0, 0.05) is 11.8 Å². The molecule has 0 rings (SSSR count). The minimum absolute atomic E-state index is 0. The van der Waals surface area contributed by atoms with E-state index in [9.17, 15) is 25.9 Å². The van der Waals surface area contributed by atoms with Crippen LogP contribution in [0.5, 0.6) is 0 Å². The van der Waals surface area contributed by atoms with Crippen LogP contribution >= 0.6 is 0 Å². The van der Waals surface area contributed by atoms with Gasteiger partial charge in [0.15, 0.2) is 0 Å². The van der Waals surface area contributed by atoms with Gasteiger partial charge in [-0.3, -0.25) is 8.37 Å². The molecule has 0 radical (unpaired) electrons. The van der Waals surface area contributed by atoms with E-state index in [2.05, 4.69) is 60.4 Å². The van der Waals surface area contributed by atoms with Crippen molar-refractivity contribution in [2.75, 3.05) is 13.2 Å². The Morgan fingerprint density at radius 2 is 0.522 bits per heavy atom. The average molecular weight is 1020 g/mol. The van der Waals surface area contributed by atoms with Gasteiger partial charge >= 0.3 is 37.7 Å². The fourth-order valence-electron chi connectivity index (χ4n) is 8.68. The van der Waals surface area contributed by atoms with E-state index >= 15 is 0 Å². The summed E-state index contributed by atoms with van der Waals surface area (Å²) in [6.07, 6.45) is 64.7. The van der Waals surface area contributed by atoms with Gasteiger partial charge in [-0.2, -0.15) is 0 Å². The van der Waals surface area contributed by atoms with Crippen LogP contribution in [0.2, 0.25) is 0 Å². The second-order valence-electron chi connectivity index (χ2n) is 19.6. The third kappa shape index (κ3) is 66.5. The molecule has 0 N–H and O–H groups in total. The molecule has 2 atom stereocenters. The molecule has 0 bridgehead atoms. The zero-order chi connectivity index (χ0) is 48.9. The van der Waals surface area contributed by atoms with E-state index in [0.717, 1.165) is 51.4 Å². The molecule has 0 aliphatic heterocycles. The standard InChI is InChI=1S/2C28H56O4S.Ca/c2*1-3-5-7-9-11-12-13-14-15-16-17-18-20-22-24-26-28(27-32-33(29,30)31)25-23-21-19-10-8-6-4-2;/h2*24,26,28H,3-23,25,27H2,1-2H3,(H,29,30,31);/q;;+2/p-2/b2*26-24+;. The van der Waals surface area contributed by atoms with Crippen molar-refractivity contribution >= 4 is 58.5 Å². The van der Waals surface area contributed by atoms with E-state index in [0.29, 0.717) is 0 Å². The van der Waals surface area contributed by atoms with E-state index in [1.807, 2.05) is 0 Å². The Labute approximate surface area is 448 Å². The van der Waals surface area contributed by atoms with Gasteiger partial charge in [-0.1, -0.05) is 296 Å². The fourth-order valence-corrected chi connectivity index (χ4v) is 9.36. The number of unbranched alkanes of at least 4 members (excludes halogenated alkanes) is 38. The van der Waals surface area contributed by atoms with E-state index < -0.39 is 20.8 Å². The zero-order valence-electron chi connectivity index (χ0n) is 44.8. The third-order valence-corrected chi connectivity index (χ3v) is 13.8. The Balaban J connectivity index is -0.00000120. The number of hydrogen-bond donors (Lipinski definition) is 0. The smallest absolute Gasteiger partial charge is 0.726 e. The van der Waals surface area contributed by atoms with Gasteiger partial charge in [-0.05, 0) is 38.5 Å². The Morgan fingerprint density at radius 3 is 0.731 bits per heavy atom. The van der Waals surface area contributed by atoms with Crippen LogP contribution in [0.1, 0.15) is 310 Å². The molecule has 0 aliphatic rings. The summed E-state index contributed by atoms with van der Waals surface area (Å²) in [5.74, 6) is 0.0395. The molecule has 0 fully saturated rings. The molecule has 0 spiro atoms. The molecule has 0 aromatic heterocycles. The minimum Gasteiger partial charge on any atom is -0.726 e. The minimum atomic E-state index is -4.61. The van der Waals surface area contributed by atoms with E-state index in [-0.39, 0.29) is 62.8 Å². The molecule has 396 valence electrons. The number of hydrogen-bond acceptors (Lipinski definition) is 8. The molecule has 0 aromatic carbocycles. The summed E-state index contributed by atoms with van der Waals surface area (Å²) < 4.78 is 74.0. The molecule has 0 amide bonds. The Morgan fingerprint density at radius 1 is 0.328 bits per heavy atom. The van der Waals surface area contributed by atoms with Gasteiger partial charge < -0.3 is 9.11 Å². The van der Waals surface area contributed by atoms with E-state index in [1.54, 1.807) is 0 Å². The summed E-state index contributed by atoms with van der Waals surface area (Å²) in [5.41, 5.74) is 0. The molecule has 0 aromatic rings. The monoisotopic (exact) mass is 1010 g/mol. The van der Waals surface area contributed by atoms with Crippen LogP contribution in [0.3, 0.4) is 0 Å². The normalized spacial score (nSPS) is 13.0. The van der Waals surface area contributed by atoms with E-state index in [1.165, 1.54) is 231 Å². The topological polar surface area (TPSA) is 133 Å². The molecular formula is C56H110CaO8S2. The first-order valence-electron chi connectivity index (χ1n) is 28.5. The molecule has 2 unspecified atom stereocenters. The second-order valence-corrected chi connectivity index (χ2v) is 21.7. The fraction of sp³-hybridized carbons (Fsp3) is 0.929. The van der Waals surface area contributed by atoms with E-state index in [4.69, 9.17) is 0 Å². The Bertz CT molecular complexity index is 1130. The number of rotatable bonds is 52. The van der Waals surface area contributed by atoms with Crippen LogP contribution in [0.25, 0.3) is 0 Å². The molecule has 0 saturated carbocycles. The third-order valence-electron chi connectivity index (χ3n) is 13.0. The summed E-state index contributed by atoms with van der Waals surface area (Å²) in [6.45, 7) is 8.95. The van der Waals surface area contributed by atoms with Gasteiger partial charge in [0.1, 0.15) is 0 Å². The second kappa shape index (κ2) is 57.4. The summed E-state index contributed by atoms with van der Waals surface area (Å²) in [4.78, 5) is 0. The number of allylic oxidation sites excluding steroid dienone is 2. The summed E-state index contributed by atoms with van der Waals surface area (Å²) in [6, 6.07) is 0. The summed E-state index contributed by atoms with van der Waals surface area (Å²) in [5, 5.41) is 0. The van der Waals surface area contributed by atoms with Gasteiger partial charge in [0.25, 0.3) is 0 Å². The van der Waals surface area contributed by atoms with Crippen molar-refractivity contribution in [2.45, 2.75) is 310 Å². The predicted molar refractivity (Wildman–Crippen MR) is 288 cm³/mol. The molecule has 67 heavy (non-hydrogen) atoms. The molecule has 0 heterocycles. The van der Waals surface area contributed by atoms with Crippen molar-refractivity contribution in [3.8, 4) is 0 Å². The molecule has 8 nitrogen and oxygen atoms in total. The first kappa shape index (κ1) is 71.7. The summed E-state index contributed by atoms with van der Waals surface area (Å²) >= 11 is 0. The van der Waals surface area contributed by atoms with Crippen LogP contribution in [0.15, 0.2) is 24.3 Å². The summed E-state index contributed by atoms with van der Waals surface area (Å²) in [7, 11) is -9.22. The van der Waals surface area contributed by atoms with Crippen LogP contribution in [0, 0.1) is 11.8 Å². The average Bonchev–Trinajstić information content (AvgIpc) is 3.28. The van der Waals surface area contributed by atoms with Gasteiger partial charge in [-0.15, -0.1) is 0 Å². The van der Waals surface area contributed by atoms with Gasteiger partial charge in [-0.25, -0.2) is 16.8 Å². The van der Waals surface area contributed by atoms with Gasteiger partial charge in [0.2, 0.25) is 20.8 Å². The van der Waals surface area contributed by atoms with Gasteiger partial charge in [0.05, 0.1) is 13.2 Å². The van der Waals surface area contributed by atoms with Crippen LogP contribution in [-0.2, 0) is 29.2 Å². The molecule has 11 heteroatoms. The van der Waals surface area contributed by atoms with Crippen LogP contribution in [0.4, 0.5) is 0 Å². The zero-order valence-corrected chi connectivity index (χ0v) is 48.6. The Hall–Kier alpha value is 0.480. The van der Waals surface area contributed by atoms with Crippen LogP contribution in [-0.4, -0.2) is 76.9 Å². The maximum atomic E-state index is 10.8. The quantitative estimate of drug-likeness (QED) is 0.0193. The maximum absolute atomic E-state index is 10.8. The first-order valence-corrected chi connectivity index (χ1v) is 31.2. The largest absolute Gasteiger partial charge is 2.00 e. The van der Waals surface area contributed by atoms with Crippen molar-refractivity contribution < 1.29 is 34.3 Å². The first-order chi connectivity index (χ1) is 32.0. The molecule has 0 aliphatic carbocycles. The Kier molecular flexibility index (Phi) is 61.4. The predicted octanol–water partition coefficient (Wildman–Crippen LogP) is 18.1. The van der Waals surface area contributed by atoms with Crippen molar-refractivity contribution in [1.82, 2.24) is 0 Å². The van der Waals surface area contributed by atoms with Crippen molar-refractivity contribution in [1.29, 1.82) is 0 Å². The molecule has 0 saturated heterocycles. The van der Waals surface area contributed by atoms with Crippen LogP contribution < -0.4 is 0 Å². The SMILES string of the molecule is CCCCCCCCCCCCCCC/C=C/C(CCCCCCCCC)COS(=O)(=O)[O-].CCCCCCCCCCCCCCC/C=C/C(CCCCCCCCC)COS(=O)(=O)[O-].[Ca+2]. The molecular weight excluding hydrogens is 905 g/mol. The van der Waals surface area contributed by atoms with Crippen molar-refractivity contribution in [2.24, 2.45) is 11.8 Å². The maximum Gasteiger partial charge on any atom is 2.00 e.